The van der Waals surface area contributed by atoms with E-state index in [1.54, 1.807) is 11.8 Å². The molecule has 1 unspecified atom stereocenters. The normalized spacial score (nSPS) is 19.0. The summed E-state index contributed by atoms with van der Waals surface area (Å²) in [6.07, 6.45) is 2.79. The molecule has 2 aromatic rings. The summed E-state index contributed by atoms with van der Waals surface area (Å²) >= 11 is 3.61. The zero-order chi connectivity index (χ0) is 12.2. The molecule has 4 nitrogen and oxygen atoms in total. The van der Waals surface area contributed by atoms with E-state index in [9.17, 15) is 0 Å². The number of thioether (sulfide) groups is 1. The first-order valence-electron chi connectivity index (χ1n) is 5.88. The van der Waals surface area contributed by atoms with Gasteiger partial charge >= 0.3 is 0 Å². The van der Waals surface area contributed by atoms with E-state index in [1.165, 1.54) is 29.9 Å². The van der Waals surface area contributed by atoms with Gasteiger partial charge in [-0.1, -0.05) is 11.8 Å². The smallest absolute Gasteiger partial charge is 0.188 e. The summed E-state index contributed by atoms with van der Waals surface area (Å²) in [7, 11) is 0. The van der Waals surface area contributed by atoms with Crippen molar-refractivity contribution in [2.24, 2.45) is 0 Å². The lowest BCUT2D eigenvalue weighted by Gasteiger charge is -2.12. The molecule has 0 saturated carbocycles. The van der Waals surface area contributed by atoms with E-state index in [0.29, 0.717) is 6.04 Å². The van der Waals surface area contributed by atoms with E-state index >= 15 is 0 Å². The van der Waals surface area contributed by atoms with E-state index in [0.717, 1.165) is 10.1 Å². The van der Waals surface area contributed by atoms with Crippen LogP contribution in [0.2, 0.25) is 0 Å². The second kappa shape index (κ2) is 5.67. The zero-order valence-electron chi connectivity index (χ0n) is 9.80. The van der Waals surface area contributed by atoms with Crippen LogP contribution in [0, 0.1) is 0 Å². The number of aromatic amines is 1. The Hall–Kier alpha value is -1.14. The first-order chi connectivity index (χ1) is 8.90. The fourth-order valence-corrected chi connectivity index (χ4v) is 3.70. The molecule has 0 radical (unpaired) electrons. The molecule has 18 heavy (non-hydrogen) atoms. The lowest BCUT2D eigenvalue weighted by atomic mass is 10.2. The maximum Gasteiger partial charge on any atom is 0.188 e. The minimum atomic E-state index is 0.628. The number of anilines is 1. The molecule has 0 bridgehead atoms. The maximum absolute atomic E-state index is 4.10. The number of hydrogen-bond acceptors (Lipinski definition) is 5. The van der Waals surface area contributed by atoms with E-state index in [-0.39, 0.29) is 0 Å². The Balaban J connectivity index is 1.61. The van der Waals surface area contributed by atoms with E-state index in [4.69, 9.17) is 0 Å². The molecule has 1 aromatic heterocycles. The third-order valence-electron chi connectivity index (χ3n) is 2.76. The van der Waals surface area contributed by atoms with Gasteiger partial charge in [0, 0.05) is 22.4 Å². The van der Waals surface area contributed by atoms with Gasteiger partial charge < -0.3 is 5.32 Å². The molecular formula is C12H14N4S2. The highest BCUT2D eigenvalue weighted by molar-refractivity contribution is 7.99. The van der Waals surface area contributed by atoms with Gasteiger partial charge in [-0.15, -0.1) is 0 Å². The molecule has 2 N–H and O–H groups in total. The van der Waals surface area contributed by atoms with Crippen molar-refractivity contribution in [1.82, 2.24) is 15.2 Å². The summed E-state index contributed by atoms with van der Waals surface area (Å²) in [6.45, 7) is 0. The third-order valence-corrected chi connectivity index (χ3v) is 4.82. The SMILES string of the molecule is c1n[nH]c(Sc2ccc(NC3CCSC3)cc2)n1. The summed E-state index contributed by atoms with van der Waals surface area (Å²) in [5.74, 6) is 2.49. The van der Waals surface area contributed by atoms with Gasteiger partial charge in [-0.25, -0.2) is 4.98 Å². The highest BCUT2D eigenvalue weighted by atomic mass is 32.2. The van der Waals surface area contributed by atoms with Gasteiger partial charge in [-0.3, -0.25) is 5.10 Å². The number of benzene rings is 1. The molecule has 1 atom stereocenters. The Labute approximate surface area is 114 Å². The standard InChI is InChI=1S/C12H14N4S2/c1-3-11(18-12-13-8-14-16-12)4-2-9(1)15-10-5-6-17-7-10/h1-4,8,10,15H,5-7H2,(H,13,14,16). The van der Waals surface area contributed by atoms with Crippen LogP contribution in [0.5, 0.6) is 0 Å². The molecule has 94 valence electrons. The molecule has 2 heterocycles. The predicted molar refractivity (Wildman–Crippen MR) is 76.3 cm³/mol. The van der Waals surface area contributed by atoms with Crippen LogP contribution in [0.4, 0.5) is 5.69 Å². The molecule has 0 spiro atoms. The van der Waals surface area contributed by atoms with Gasteiger partial charge in [-0.05, 0) is 36.4 Å². The average molecular weight is 278 g/mol. The Morgan fingerprint density at radius 3 is 2.89 bits per heavy atom. The molecule has 3 rings (SSSR count). The second-order valence-corrected chi connectivity index (χ2v) is 6.33. The summed E-state index contributed by atoms with van der Waals surface area (Å²) < 4.78 is 0. The zero-order valence-corrected chi connectivity index (χ0v) is 11.4. The van der Waals surface area contributed by atoms with Crippen LogP contribution in [-0.4, -0.2) is 32.7 Å². The number of aromatic nitrogens is 3. The molecule has 1 fully saturated rings. The molecule has 0 aliphatic carbocycles. The highest BCUT2D eigenvalue weighted by Gasteiger charge is 2.14. The van der Waals surface area contributed by atoms with Crippen molar-refractivity contribution in [1.29, 1.82) is 0 Å². The Bertz CT molecular complexity index is 477. The van der Waals surface area contributed by atoms with Gasteiger partial charge in [0.2, 0.25) is 0 Å². The predicted octanol–water partition coefficient (Wildman–Crippen LogP) is 2.87. The number of rotatable bonds is 4. The fourth-order valence-electron chi connectivity index (χ4n) is 1.86. The van der Waals surface area contributed by atoms with Crippen molar-refractivity contribution in [3.63, 3.8) is 0 Å². The van der Waals surface area contributed by atoms with Crippen LogP contribution >= 0.6 is 23.5 Å². The molecule has 1 aliphatic rings. The summed E-state index contributed by atoms with van der Waals surface area (Å²) in [5, 5.41) is 11.1. The van der Waals surface area contributed by atoms with Crippen molar-refractivity contribution in [3.05, 3.63) is 30.6 Å². The highest BCUT2D eigenvalue weighted by Crippen LogP contribution is 2.26. The number of nitrogens with zero attached hydrogens (tertiary/aromatic N) is 2. The van der Waals surface area contributed by atoms with Crippen LogP contribution in [0.15, 0.2) is 40.6 Å². The van der Waals surface area contributed by atoms with Gasteiger partial charge in [-0.2, -0.15) is 16.9 Å². The van der Waals surface area contributed by atoms with E-state index < -0.39 is 0 Å². The minimum absolute atomic E-state index is 0.628. The number of hydrogen-bond donors (Lipinski definition) is 2. The lowest BCUT2D eigenvalue weighted by Crippen LogP contribution is -2.17. The quantitative estimate of drug-likeness (QED) is 0.900. The first-order valence-corrected chi connectivity index (χ1v) is 7.85. The minimum Gasteiger partial charge on any atom is -0.381 e. The number of nitrogens with one attached hydrogen (secondary N) is 2. The fraction of sp³-hybridized carbons (Fsp3) is 0.333. The van der Waals surface area contributed by atoms with Crippen molar-refractivity contribution < 1.29 is 0 Å². The second-order valence-electron chi connectivity index (χ2n) is 4.12. The van der Waals surface area contributed by atoms with Gasteiger partial charge in [0.25, 0.3) is 0 Å². The Morgan fingerprint density at radius 1 is 1.33 bits per heavy atom. The van der Waals surface area contributed by atoms with Crippen LogP contribution in [0.3, 0.4) is 0 Å². The van der Waals surface area contributed by atoms with Crippen LogP contribution in [0.25, 0.3) is 0 Å². The topological polar surface area (TPSA) is 53.6 Å². The van der Waals surface area contributed by atoms with Crippen LogP contribution in [0.1, 0.15) is 6.42 Å². The molecule has 0 amide bonds. The number of H-pyrrole nitrogens is 1. The molecule has 1 aromatic carbocycles. The molecule has 1 aliphatic heterocycles. The summed E-state index contributed by atoms with van der Waals surface area (Å²) in [5.41, 5.74) is 1.20. The van der Waals surface area contributed by atoms with Gasteiger partial charge in [0.15, 0.2) is 5.16 Å². The van der Waals surface area contributed by atoms with Crippen LogP contribution in [-0.2, 0) is 0 Å². The third kappa shape index (κ3) is 3.00. The van der Waals surface area contributed by atoms with E-state index in [2.05, 4.69) is 44.8 Å². The van der Waals surface area contributed by atoms with Gasteiger partial charge in [0.05, 0.1) is 0 Å². The summed E-state index contributed by atoms with van der Waals surface area (Å²) in [6, 6.07) is 9.10. The Morgan fingerprint density at radius 2 is 2.22 bits per heavy atom. The monoisotopic (exact) mass is 278 g/mol. The first kappa shape index (κ1) is 11.9. The van der Waals surface area contributed by atoms with Crippen LogP contribution < -0.4 is 5.32 Å². The van der Waals surface area contributed by atoms with E-state index in [1.807, 2.05) is 11.8 Å². The molecular weight excluding hydrogens is 264 g/mol. The van der Waals surface area contributed by atoms with Crippen molar-refractivity contribution in [2.75, 3.05) is 16.8 Å². The largest absolute Gasteiger partial charge is 0.381 e. The molecule has 1 saturated heterocycles. The molecule has 6 heteroatoms. The lowest BCUT2D eigenvalue weighted by molar-refractivity contribution is 0.813. The van der Waals surface area contributed by atoms with Crippen molar-refractivity contribution in [3.8, 4) is 0 Å². The van der Waals surface area contributed by atoms with Gasteiger partial charge in [0.1, 0.15) is 6.33 Å². The maximum atomic E-state index is 4.10. The van der Waals surface area contributed by atoms with Crippen molar-refractivity contribution >= 4 is 29.2 Å². The average Bonchev–Trinajstić information content (AvgIpc) is 3.05. The summed E-state index contributed by atoms with van der Waals surface area (Å²) in [4.78, 5) is 5.26. The van der Waals surface area contributed by atoms with Crippen molar-refractivity contribution in [2.45, 2.75) is 22.5 Å². The Kier molecular flexibility index (Phi) is 3.75.